The lowest BCUT2D eigenvalue weighted by Gasteiger charge is -2.13. The molecule has 0 aliphatic heterocycles. The summed E-state index contributed by atoms with van der Waals surface area (Å²) in [5.74, 6) is 6.43. The first-order valence-corrected chi connectivity index (χ1v) is 5.80. The minimum Gasteiger partial charge on any atom is -0.467 e. The monoisotopic (exact) mass is 222 g/mol. The van der Waals surface area contributed by atoms with E-state index in [4.69, 9.17) is 10.3 Å². The molecule has 15 heavy (non-hydrogen) atoms. The molecular weight excluding hydrogens is 208 g/mol. The fourth-order valence-corrected chi connectivity index (χ4v) is 2.70. The lowest BCUT2D eigenvalue weighted by molar-refractivity contribution is 0.454. The van der Waals surface area contributed by atoms with Crippen molar-refractivity contribution in [2.45, 2.75) is 19.4 Å². The molecule has 2 aromatic rings. The summed E-state index contributed by atoms with van der Waals surface area (Å²) >= 11 is 1.70. The number of nitrogens with one attached hydrogen (secondary N) is 1. The molecule has 3 N–H and O–H groups in total. The highest BCUT2D eigenvalue weighted by Crippen LogP contribution is 2.29. The molecule has 0 saturated heterocycles. The Labute approximate surface area is 92.9 Å². The molecule has 0 bridgehead atoms. The first-order chi connectivity index (χ1) is 7.36. The standard InChI is InChI=1S/C11H14N2OS/c1-2-8-5-7-15-11(8)10(13-12)9-4-3-6-14-9/h3-7,10,13H,2,12H2,1H3. The van der Waals surface area contributed by atoms with E-state index in [0.29, 0.717) is 0 Å². The Morgan fingerprint density at radius 1 is 1.53 bits per heavy atom. The van der Waals surface area contributed by atoms with Gasteiger partial charge in [0.2, 0.25) is 0 Å². The topological polar surface area (TPSA) is 51.2 Å². The van der Waals surface area contributed by atoms with Crippen LogP contribution in [0.1, 0.15) is 29.2 Å². The summed E-state index contributed by atoms with van der Waals surface area (Å²) in [4.78, 5) is 1.23. The molecule has 1 unspecified atom stereocenters. The van der Waals surface area contributed by atoms with Crippen LogP contribution in [0.5, 0.6) is 0 Å². The van der Waals surface area contributed by atoms with Gasteiger partial charge >= 0.3 is 0 Å². The minimum absolute atomic E-state index is 0.0325. The number of furan rings is 1. The molecule has 4 heteroatoms. The third-order valence-electron chi connectivity index (χ3n) is 2.42. The molecule has 0 radical (unpaired) electrons. The van der Waals surface area contributed by atoms with Gasteiger partial charge in [0.25, 0.3) is 0 Å². The van der Waals surface area contributed by atoms with Gasteiger partial charge in [0.15, 0.2) is 0 Å². The van der Waals surface area contributed by atoms with Crippen LogP contribution in [-0.4, -0.2) is 0 Å². The Morgan fingerprint density at radius 2 is 2.40 bits per heavy atom. The normalized spacial score (nSPS) is 12.9. The Balaban J connectivity index is 2.35. The zero-order valence-electron chi connectivity index (χ0n) is 8.57. The second-order valence-electron chi connectivity index (χ2n) is 3.28. The number of rotatable bonds is 4. The van der Waals surface area contributed by atoms with Crippen LogP contribution >= 0.6 is 11.3 Å². The van der Waals surface area contributed by atoms with Gasteiger partial charge < -0.3 is 4.42 Å². The third-order valence-corrected chi connectivity index (χ3v) is 3.44. The molecule has 80 valence electrons. The van der Waals surface area contributed by atoms with E-state index in [0.717, 1.165) is 12.2 Å². The van der Waals surface area contributed by atoms with E-state index in [1.54, 1.807) is 17.6 Å². The predicted octanol–water partition coefficient (Wildman–Crippen LogP) is 2.46. The molecule has 2 aromatic heterocycles. The average molecular weight is 222 g/mol. The van der Waals surface area contributed by atoms with Crippen LogP contribution in [0, 0.1) is 0 Å². The highest BCUT2D eigenvalue weighted by atomic mass is 32.1. The Hall–Kier alpha value is -1.10. The number of nitrogens with two attached hydrogens (primary N) is 1. The van der Waals surface area contributed by atoms with Crippen LogP contribution < -0.4 is 11.3 Å². The van der Waals surface area contributed by atoms with Crippen molar-refractivity contribution in [3.63, 3.8) is 0 Å². The first-order valence-electron chi connectivity index (χ1n) is 4.92. The quantitative estimate of drug-likeness (QED) is 0.617. The smallest absolute Gasteiger partial charge is 0.127 e. The summed E-state index contributed by atoms with van der Waals surface area (Å²) < 4.78 is 5.37. The molecule has 3 nitrogen and oxygen atoms in total. The van der Waals surface area contributed by atoms with E-state index in [9.17, 15) is 0 Å². The van der Waals surface area contributed by atoms with Gasteiger partial charge in [-0.05, 0) is 35.6 Å². The van der Waals surface area contributed by atoms with Gasteiger partial charge in [0.05, 0.1) is 6.26 Å². The highest BCUT2D eigenvalue weighted by molar-refractivity contribution is 7.10. The number of aryl methyl sites for hydroxylation is 1. The molecule has 0 aliphatic carbocycles. The minimum atomic E-state index is -0.0325. The van der Waals surface area contributed by atoms with E-state index < -0.39 is 0 Å². The van der Waals surface area contributed by atoms with Crippen molar-refractivity contribution in [1.29, 1.82) is 0 Å². The molecule has 2 heterocycles. The summed E-state index contributed by atoms with van der Waals surface area (Å²) in [5, 5.41) is 2.08. The van der Waals surface area contributed by atoms with Crippen molar-refractivity contribution in [3.8, 4) is 0 Å². The van der Waals surface area contributed by atoms with Gasteiger partial charge in [-0.3, -0.25) is 5.84 Å². The average Bonchev–Trinajstić information content (AvgIpc) is 2.89. The maximum Gasteiger partial charge on any atom is 0.127 e. The van der Waals surface area contributed by atoms with Gasteiger partial charge in [-0.2, -0.15) is 0 Å². The Morgan fingerprint density at radius 3 is 3.00 bits per heavy atom. The molecule has 0 spiro atoms. The van der Waals surface area contributed by atoms with Crippen LogP contribution in [0.4, 0.5) is 0 Å². The predicted molar refractivity (Wildman–Crippen MR) is 61.6 cm³/mol. The Kier molecular flexibility index (Phi) is 3.20. The molecule has 0 saturated carbocycles. The molecule has 0 amide bonds. The van der Waals surface area contributed by atoms with Gasteiger partial charge in [0, 0.05) is 4.88 Å². The zero-order chi connectivity index (χ0) is 10.7. The van der Waals surface area contributed by atoms with Crippen LogP contribution in [0.15, 0.2) is 34.3 Å². The van der Waals surface area contributed by atoms with Crippen LogP contribution in [0.25, 0.3) is 0 Å². The fourth-order valence-electron chi connectivity index (χ4n) is 1.64. The maximum absolute atomic E-state index is 5.58. The summed E-state index contributed by atoms with van der Waals surface area (Å²) in [6, 6.07) is 5.91. The van der Waals surface area contributed by atoms with E-state index in [2.05, 4.69) is 23.8 Å². The molecule has 0 fully saturated rings. The van der Waals surface area contributed by atoms with Crippen molar-refractivity contribution in [2.24, 2.45) is 5.84 Å². The maximum atomic E-state index is 5.58. The van der Waals surface area contributed by atoms with Crippen molar-refractivity contribution in [2.75, 3.05) is 0 Å². The van der Waals surface area contributed by atoms with E-state index in [1.807, 2.05) is 12.1 Å². The number of thiophene rings is 1. The summed E-state index contributed by atoms with van der Waals surface area (Å²) in [5.41, 5.74) is 4.12. The molecule has 2 rings (SSSR count). The summed E-state index contributed by atoms with van der Waals surface area (Å²) in [6.45, 7) is 2.14. The molecule has 1 atom stereocenters. The Bertz CT molecular complexity index is 408. The third kappa shape index (κ3) is 1.97. The van der Waals surface area contributed by atoms with Gasteiger partial charge in [-0.1, -0.05) is 6.92 Å². The largest absolute Gasteiger partial charge is 0.467 e. The number of hydrogen-bond acceptors (Lipinski definition) is 4. The number of hydrogen-bond donors (Lipinski definition) is 2. The lowest BCUT2D eigenvalue weighted by atomic mass is 10.1. The van der Waals surface area contributed by atoms with E-state index >= 15 is 0 Å². The lowest BCUT2D eigenvalue weighted by Crippen LogP contribution is -2.28. The first kappa shape index (κ1) is 10.4. The summed E-state index contributed by atoms with van der Waals surface area (Å²) in [6.07, 6.45) is 2.68. The van der Waals surface area contributed by atoms with Crippen molar-refractivity contribution in [1.82, 2.24) is 5.43 Å². The second kappa shape index (κ2) is 4.61. The van der Waals surface area contributed by atoms with E-state index in [-0.39, 0.29) is 6.04 Å². The van der Waals surface area contributed by atoms with Crippen LogP contribution in [0.3, 0.4) is 0 Å². The fraction of sp³-hybridized carbons (Fsp3) is 0.273. The van der Waals surface area contributed by atoms with Gasteiger partial charge in [-0.25, -0.2) is 5.43 Å². The highest BCUT2D eigenvalue weighted by Gasteiger charge is 2.18. The molecule has 0 aliphatic rings. The summed E-state index contributed by atoms with van der Waals surface area (Å²) in [7, 11) is 0. The van der Waals surface area contributed by atoms with Crippen molar-refractivity contribution in [3.05, 3.63) is 46.0 Å². The SMILES string of the molecule is CCc1ccsc1C(NN)c1ccco1. The molecule has 0 aromatic carbocycles. The molecular formula is C11H14N2OS. The van der Waals surface area contributed by atoms with Crippen LogP contribution in [0.2, 0.25) is 0 Å². The van der Waals surface area contributed by atoms with Crippen molar-refractivity contribution >= 4 is 11.3 Å². The zero-order valence-corrected chi connectivity index (χ0v) is 9.38. The van der Waals surface area contributed by atoms with Gasteiger partial charge in [-0.15, -0.1) is 11.3 Å². The number of hydrazine groups is 1. The van der Waals surface area contributed by atoms with Gasteiger partial charge in [0.1, 0.15) is 11.8 Å². The second-order valence-corrected chi connectivity index (χ2v) is 4.23. The van der Waals surface area contributed by atoms with Crippen LogP contribution in [-0.2, 0) is 6.42 Å². The van der Waals surface area contributed by atoms with Crippen molar-refractivity contribution < 1.29 is 4.42 Å². The van der Waals surface area contributed by atoms with E-state index in [1.165, 1.54) is 10.4 Å².